The van der Waals surface area contributed by atoms with E-state index in [4.69, 9.17) is 9.47 Å². The zero-order chi connectivity index (χ0) is 28.5. The van der Waals surface area contributed by atoms with Crippen LogP contribution in [0.2, 0.25) is 0 Å². The molecule has 0 unspecified atom stereocenters. The summed E-state index contributed by atoms with van der Waals surface area (Å²) in [6.45, 7) is 3.99. The van der Waals surface area contributed by atoms with Crippen LogP contribution in [-0.2, 0) is 16.1 Å². The highest BCUT2D eigenvalue weighted by atomic mass is 127. The molecular weight excluding hydrogens is 615 g/mol. The van der Waals surface area contributed by atoms with E-state index < -0.39 is 24.2 Å². The molecular formula is C29H35IN2O7. The van der Waals surface area contributed by atoms with Crippen molar-refractivity contribution in [3.05, 3.63) is 68.8 Å². The molecule has 9 nitrogen and oxygen atoms in total. The summed E-state index contributed by atoms with van der Waals surface area (Å²) < 4.78 is 12.3. The summed E-state index contributed by atoms with van der Waals surface area (Å²) in [5, 5.41) is 23.5. The molecule has 0 bridgehead atoms. The lowest BCUT2D eigenvalue weighted by atomic mass is 9.87. The smallest absolute Gasteiger partial charge is 0.247 e. The molecule has 0 saturated heterocycles. The number of nitrogens with zero attached hydrogens (tertiary/aromatic N) is 1. The molecule has 210 valence electrons. The summed E-state index contributed by atoms with van der Waals surface area (Å²) in [6, 6.07) is 11.9. The van der Waals surface area contributed by atoms with Crippen molar-refractivity contribution >= 4 is 40.7 Å². The van der Waals surface area contributed by atoms with Gasteiger partial charge >= 0.3 is 0 Å². The van der Waals surface area contributed by atoms with Crippen molar-refractivity contribution < 1.29 is 34.1 Å². The van der Waals surface area contributed by atoms with Gasteiger partial charge in [-0.25, -0.2) is 0 Å². The van der Waals surface area contributed by atoms with E-state index in [1.807, 2.05) is 66.8 Å². The van der Waals surface area contributed by atoms with Crippen LogP contribution in [-0.4, -0.2) is 71.7 Å². The number of benzene rings is 2. The number of rotatable bonds is 12. The Kier molecular flexibility index (Phi) is 11.3. The van der Waals surface area contributed by atoms with Gasteiger partial charge in [0.2, 0.25) is 11.8 Å². The van der Waals surface area contributed by atoms with Crippen LogP contribution in [0.1, 0.15) is 42.6 Å². The van der Waals surface area contributed by atoms with Gasteiger partial charge in [-0.05, 0) is 52.3 Å². The van der Waals surface area contributed by atoms with Crippen molar-refractivity contribution in [3.8, 4) is 11.5 Å². The maximum Gasteiger partial charge on any atom is 0.247 e. The molecule has 0 saturated carbocycles. The van der Waals surface area contributed by atoms with Crippen LogP contribution in [0.5, 0.6) is 11.5 Å². The zero-order valence-corrected chi connectivity index (χ0v) is 24.5. The fraction of sp³-hybridized carbons (Fsp3) is 0.414. The number of aliphatic hydroxyl groups excluding tert-OH is 2. The largest absolute Gasteiger partial charge is 0.493 e. The number of halogens is 1. The number of carbonyl (C=O) groups is 3. The maximum absolute atomic E-state index is 13.5. The molecule has 39 heavy (non-hydrogen) atoms. The molecule has 0 aliphatic heterocycles. The van der Waals surface area contributed by atoms with E-state index in [1.165, 1.54) is 13.2 Å². The fourth-order valence-electron chi connectivity index (χ4n) is 4.47. The van der Waals surface area contributed by atoms with E-state index in [1.54, 1.807) is 17.0 Å². The third kappa shape index (κ3) is 8.02. The number of amides is 2. The van der Waals surface area contributed by atoms with E-state index in [9.17, 15) is 24.6 Å². The van der Waals surface area contributed by atoms with Crippen molar-refractivity contribution in [2.75, 3.05) is 20.3 Å². The van der Waals surface area contributed by atoms with Crippen LogP contribution in [0.4, 0.5) is 0 Å². The van der Waals surface area contributed by atoms with Crippen molar-refractivity contribution in [3.63, 3.8) is 0 Å². The molecule has 2 aromatic rings. The minimum atomic E-state index is -1.18. The average molecular weight is 651 g/mol. The van der Waals surface area contributed by atoms with E-state index in [0.717, 1.165) is 5.56 Å². The van der Waals surface area contributed by atoms with Gasteiger partial charge < -0.3 is 29.9 Å². The Hall–Kier alpha value is -2.96. The molecule has 0 aromatic heterocycles. The predicted octanol–water partition coefficient (Wildman–Crippen LogP) is 3.10. The lowest BCUT2D eigenvalue weighted by Gasteiger charge is -2.41. The number of hydrogen-bond acceptors (Lipinski definition) is 7. The van der Waals surface area contributed by atoms with Crippen LogP contribution in [0.15, 0.2) is 54.1 Å². The van der Waals surface area contributed by atoms with Gasteiger partial charge in [-0.2, -0.15) is 0 Å². The Labute approximate surface area is 242 Å². The summed E-state index contributed by atoms with van der Waals surface area (Å²) in [5.74, 6) is 0.145. The van der Waals surface area contributed by atoms with Crippen molar-refractivity contribution in [2.45, 2.75) is 51.5 Å². The molecule has 1 aliphatic carbocycles. The van der Waals surface area contributed by atoms with E-state index in [0.29, 0.717) is 32.5 Å². The average Bonchev–Trinajstić information content (AvgIpc) is 2.92. The molecule has 3 N–H and O–H groups in total. The topological polar surface area (TPSA) is 125 Å². The molecule has 0 fully saturated rings. The van der Waals surface area contributed by atoms with Gasteiger partial charge in [-0.3, -0.25) is 14.4 Å². The summed E-state index contributed by atoms with van der Waals surface area (Å²) >= 11 is 2.02. The van der Waals surface area contributed by atoms with E-state index in [2.05, 4.69) is 5.32 Å². The normalized spacial score (nSPS) is 18.7. The summed E-state index contributed by atoms with van der Waals surface area (Å²) in [5.41, 5.74) is 1.62. The van der Waals surface area contributed by atoms with Gasteiger partial charge in [0.15, 0.2) is 11.5 Å². The Morgan fingerprint density at radius 1 is 1.23 bits per heavy atom. The number of hydrogen-bond donors (Lipinski definition) is 3. The maximum atomic E-state index is 13.5. The molecule has 0 radical (unpaired) electrons. The van der Waals surface area contributed by atoms with Gasteiger partial charge in [0.1, 0.15) is 18.5 Å². The number of ether oxygens (including phenoxy) is 2. The SMILES string of the molecule is COc1cc(C=O)cc(I)c1O[C@H]1C=C(C(=O)NCCO)C[C@@H](N(Cc2ccccc2)C(=O)CC(C)C)[C@@H]1O. The highest BCUT2D eigenvalue weighted by Crippen LogP contribution is 2.37. The first-order chi connectivity index (χ1) is 18.7. The third-order valence-corrected chi connectivity index (χ3v) is 7.16. The fourth-order valence-corrected chi connectivity index (χ4v) is 5.23. The first kappa shape index (κ1) is 30.6. The van der Waals surface area contributed by atoms with Crippen molar-refractivity contribution in [1.82, 2.24) is 10.2 Å². The van der Waals surface area contributed by atoms with E-state index in [-0.39, 0.29) is 44.4 Å². The number of aliphatic hydroxyl groups is 2. The second kappa shape index (κ2) is 14.4. The van der Waals surface area contributed by atoms with Crippen LogP contribution in [0, 0.1) is 9.49 Å². The molecule has 3 rings (SSSR count). The number of methoxy groups -OCH3 is 1. The number of nitrogens with one attached hydrogen (secondary N) is 1. The Bertz CT molecular complexity index is 1190. The third-order valence-electron chi connectivity index (χ3n) is 6.36. The van der Waals surface area contributed by atoms with Gasteiger partial charge in [-0.15, -0.1) is 0 Å². The second-order valence-electron chi connectivity index (χ2n) is 9.77. The first-order valence-electron chi connectivity index (χ1n) is 12.8. The number of carbonyl (C=O) groups excluding carboxylic acids is 3. The summed E-state index contributed by atoms with van der Waals surface area (Å²) in [4.78, 5) is 39.5. The van der Waals surface area contributed by atoms with Crippen LogP contribution in [0.3, 0.4) is 0 Å². The van der Waals surface area contributed by atoms with Gasteiger partial charge in [0.25, 0.3) is 0 Å². The standard InChI is InChI=1S/C29H35IN2O7/c1-18(2)11-26(35)32(16-19-7-5-4-6-8-19)23-14-21(29(37)31-9-10-33)15-24(27(23)36)39-28-22(30)12-20(17-34)13-25(28)38-3/h4-8,12-13,15,17-18,23-24,27,33,36H,9-11,14,16H2,1-3H3,(H,31,37)/t23-,24+,27+/m1/s1. The van der Waals surface area contributed by atoms with Crippen LogP contribution in [0.25, 0.3) is 0 Å². The molecule has 2 amide bonds. The summed E-state index contributed by atoms with van der Waals surface area (Å²) in [7, 11) is 1.45. The Morgan fingerprint density at radius 2 is 1.95 bits per heavy atom. The van der Waals surface area contributed by atoms with Gasteiger partial charge in [0, 0.05) is 37.1 Å². The Balaban J connectivity index is 2.04. The summed E-state index contributed by atoms with van der Waals surface area (Å²) in [6.07, 6.45) is 0.443. The Morgan fingerprint density at radius 3 is 2.56 bits per heavy atom. The van der Waals surface area contributed by atoms with E-state index >= 15 is 0 Å². The minimum Gasteiger partial charge on any atom is -0.493 e. The monoisotopic (exact) mass is 650 g/mol. The minimum absolute atomic E-state index is 0.0633. The second-order valence-corrected chi connectivity index (χ2v) is 10.9. The van der Waals surface area contributed by atoms with Crippen molar-refractivity contribution in [2.24, 2.45) is 5.92 Å². The molecule has 0 heterocycles. The first-order valence-corrected chi connectivity index (χ1v) is 13.9. The molecule has 1 aliphatic rings. The number of aldehydes is 1. The van der Waals surface area contributed by atoms with Gasteiger partial charge in [-0.1, -0.05) is 44.2 Å². The molecule has 2 aromatic carbocycles. The quantitative estimate of drug-likeness (QED) is 0.238. The van der Waals surface area contributed by atoms with Crippen molar-refractivity contribution in [1.29, 1.82) is 0 Å². The molecule has 3 atom stereocenters. The lowest BCUT2D eigenvalue weighted by Crippen LogP contribution is -2.55. The predicted molar refractivity (Wildman–Crippen MR) is 155 cm³/mol. The zero-order valence-electron chi connectivity index (χ0n) is 22.3. The lowest BCUT2D eigenvalue weighted by molar-refractivity contribution is -0.140. The molecule has 10 heteroatoms. The highest BCUT2D eigenvalue weighted by Gasteiger charge is 2.41. The van der Waals surface area contributed by atoms with Crippen LogP contribution >= 0.6 is 22.6 Å². The van der Waals surface area contributed by atoms with Crippen LogP contribution < -0.4 is 14.8 Å². The highest BCUT2D eigenvalue weighted by molar-refractivity contribution is 14.1. The molecule has 0 spiro atoms. The van der Waals surface area contributed by atoms with Gasteiger partial charge in [0.05, 0.1) is 23.3 Å².